The predicted octanol–water partition coefficient (Wildman–Crippen LogP) is -2.62. The van der Waals surface area contributed by atoms with Crippen LogP contribution in [0.5, 0.6) is 0 Å². The molecule has 1 aliphatic rings. The van der Waals surface area contributed by atoms with Crippen molar-refractivity contribution in [3.8, 4) is 0 Å². The fraction of sp³-hybridized carbons (Fsp3) is 0.857. The number of carbonyl (C=O) groups excluding carboxylic acids is 1. The van der Waals surface area contributed by atoms with E-state index in [0.717, 1.165) is 6.92 Å². The lowest BCUT2D eigenvalue weighted by molar-refractivity contribution is -0.222. The number of aliphatic hydroxyl groups is 4. The SMILES string of the molecule is CC(=O)[C@]1(O)O[C@@H](CO)[C@H](O)[C@@H]1O. The summed E-state index contributed by atoms with van der Waals surface area (Å²) < 4.78 is 4.64. The van der Waals surface area contributed by atoms with Gasteiger partial charge in [0.1, 0.15) is 18.3 Å². The van der Waals surface area contributed by atoms with Gasteiger partial charge >= 0.3 is 0 Å². The Morgan fingerprint density at radius 2 is 2.08 bits per heavy atom. The Kier molecular flexibility index (Phi) is 2.69. The molecule has 13 heavy (non-hydrogen) atoms. The van der Waals surface area contributed by atoms with Crippen LogP contribution in [0.2, 0.25) is 0 Å². The number of rotatable bonds is 2. The van der Waals surface area contributed by atoms with Gasteiger partial charge in [0.2, 0.25) is 0 Å². The van der Waals surface area contributed by atoms with Crippen molar-refractivity contribution in [2.75, 3.05) is 6.61 Å². The van der Waals surface area contributed by atoms with E-state index in [1.807, 2.05) is 0 Å². The van der Waals surface area contributed by atoms with Crippen LogP contribution in [0, 0.1) is 0 Å². The summed E-state index contributed by atoms with van der Waals surface area (Å²) in [6.07, 6.45) is -4.31. The average Bonchev–Trinajstić information content (AvgIpc) is 2.31. The van der Waals surface area contributed by atoms with Crippen LogP contribution < -0.4 is 0 Å². The van der Waals surface area contributed by atoms with E-state index >= 15 is 0 Å². The Bertz CT molecular complexity index is 217. The highest BCUT2D eigenvalue weighted by Crippen LogP contribution is 2.29. The number of ether oxygens (including phenoxy) is 1. The first-order valence-electron chi connectivity index (χ1n) is 3.81. The van der Waals surface area contributed by atoms with Crippen LogP contribution in [-0.2, 0) is 9.53 Å². The van der Waals surface area contributed by atoms with E-state index in [0.29, 0.717) is 0 Å². The van der Waals surface area contributed by atoms with Gasteiger partial charge in [0.15, 0.2) is 5.78 Å². The number of hydrogen-bond donors (Lipinski definition) is 4. The van der Waals surface area contributed by atoms with Crippen molar-refractivity contribution in [3.63, 3.8) is 0 Å². The summed E-state index contributed by atoms with van der Waals surface area (Å²) >= 11 is 0. The minimum Gasteiger partial charge on any atom is -0.394 e. The van der Waals surface area contributed by atoms with E-state index in [1.54, 1.807) is 0 Å². The maximum Gasteiger partial charge on any atom is 0.256 e. The zero-order valence-corrected chi connectivity index (χ0v) is 7.04. The van der Waals surface area contributed by atoms with Crippen molar-refractivity contribution >= 4 is 5.78 Å². The normalized spacial score (nSPS) is 45.2. The van der Waals surface area contributed by atoms with E-state index in [2.05, 4.69) is 4.74 Å². The van der Waals surface area contributed by atoms with E-state index in [4.69, 9.17) is 5.11 Å². The molecule has 0 bridgehead atoms. The molecule has 0 aromatic carbocycles. The van der Waals surface area contributed by atoms with E-state index < -0.39 is 36.5 Å². The largest absolute Gasteiger partial charge is 0.394 e. The van der Waals surface area contributed by atoms with Crippen molar-refractivity contribution < 1.29 is 30.0 Å². The fourth-order valence-corrected chi connectivity index (χ4v) is 1.24. The van der Waals surface area contributed by atoms with Crippen molar-refractivity contribution in [1.29, 1.82) is 0 Å². The van der Waals surface area contributed by atoms with E-state index in [-0.39, 0.29) is 0 Å². The van der Waals surface area contributed by atoms with E-state index in [9.17, 15) is 20.1 Å². The molecule has 6 nitrogen and oxygen atoms in total. The van der Waals surface area contributed by atoms with Crippen LogP contribution in [0.1, 0.15) is 6.92 Å². The van der Waals surface area contributed by atoms with Gasteiger partial charge < -0.3 is 25.2 Å². The molecule has 6 heteroatoms. The molecule has 0 amide bonds. The molecular formula is C7H12O6. The van der Waals surface area contributed by atoms with Gasteiger partial charge in [-0.15, -0.1) is 0 Å². The van der Waals surface area contributed by atoms with Gasteiger partial charge in [0.25, 0.3) is 5.79 Å². The smallest absolute Gasteiger partial charge is 0.256 e. The molecule has 4 N–H and O–H groups in total. The van der Waals surface area contributed by atoms with Crippen LogP contribution in [0.3, 0.4) is 0 Å². The summed E-state index contributed by atoms with van der Waals surface area (Å²) in [4.78, 5) is 10.9. The number of aliphatic hydroxyl groups excluding tert-OH is 3. The molecule has 76 valence electrons. The molecule has 4 atom stereocenters. The molecule has 1 rings (SSSR count). The first-order chi connectivity index (χ1) is 5.93. The predicted molar refractivity (Wildman–Crippen MR) is 39.6 cm³/mol. The lowest BCUT2D eigenvalue weighted by Crippen LogP contribution is -2.48. The second-order valence-corrected chi connectivity index (χ2v) is 3.03. The Morgan fingerprint density at radius 1 is 1.54 bits per heavy atom. The Hall–Kier alpha value is -0.530. The molecule has 1 fully saturated rings. The molecular weight excluding hydrogens is 180 g/mol. The second-order valence-electron chi connectivity index (χ2n) is 3.03. The molecule has 0 aromatic rings. The molecule has 1 aliphatic heterocycles. The molecule has 0 radical (unpaired) electrons. The highest BCUT2D eigenvalue weighted by Gasteiger charge is 2.56. The van der Waals surface area contributed by atoms with Gasteiger partial charge in [-0.3, -0.25) is 4.79 Å². The van der Waals surface area contributed by atoms with Crippen LogP contribution in [-0.4, -0.2) is 56.9 Å². The maximum absolute atomic E-state index is 10.9. The van der Waals surface area contributed by atoms with Crippen molar-refractivity contribution in [2.24, 2.45) is 0 Å². The van der Waals surface area contributed by atoms with Gasteiger partial charge in [0.05, 0.1) is 6.61 Å². The van der Waals surface area contributed by atoms with Gasteiger partial charge in [-0.25, -0.2) is 0 Å². The Balaban J connectivity index is 2.87. The molecule has 0 aliphatic carbocycles. The minimum absolute atomic E-state index is 0.576. The van der Waals surface area contributed by atoms with E-state index in [1.165, 1.54) is 0 Å². The molecule has 0 spiro atoms. The topological polar surface area (TPSA) is 107 Å². The van der Waals surface area contributed by atoms with Crippen LogP contribution in [0.4, 0.5) is 0 Å². The second kappa shape index (κ2) is 3.32. The summed E-state index contributed by atoms with van der Waals surface area (Å²) in [6.45, 7) is 0.448. The lowest BCUT2D eigenvalue weighted by Gasteiger charge is -2.22. The van der Waals surface area contributed by atoms with Crippen molar-refractivity contribution in [1.82, 2.24) is 0 Å². The third kappa shape index (κ3) is 1.47. The zero-order chi connectivity index (χ0) is 10.2. The highest BCUT2D eigenvalue weighted by atomic mass is 16.7. The Morgan fingerprint density at radius 3 is 2.31 bits per heavy atom. The zero-order valence-electron chi connectivity index (χ0n) is 7.04. The van der Waals surface area contributed by atoms with Gasteiger partial charge in [-0.05, 0) is 0 Å². The summed E-state index contributed by atoms with van der Waals surface area (Å²) in [5, 5.41) is 36.5. The quantitative estimate of drug-likeness (QED) is 0.381. The third-order valence-electron chi connectivity index (χ3n) is 2.12. The first kappa shape index (κ1) is 10.6. The van der Waals surface area contributed by atoms with Crippen LogP contribution in [0.15, 0.2) is 0 Å². The van der Waals surface area contributed by atoms with Gasteiger partial charge in [-0.2, -0.15) is 0 Å². The number of carbonyl (C=O) groups is 1. The monoisotopic (exact) mass is 192 g/mol. The third-order valence-corrected chi connectivity index (χ3v) is 2.12. The fourth-order valence-electron chi connectivity index (χ4n) is 1.24. The van der Waals surface area contributed by atoms with Gasteiger partial charge in [-0.1, -0.05) is 0 Å². The molecule has 1 heterocycles. The van der Waals surface area contributed by atoms with Crippen molar-refractivity contribution in [2.45, 2.75) is 31.0 Å². The maximum atomic E-state index is 10.9. The summed E-state index contributed by atoms with van der Waals surface area (Å²) in [5.41, 5.74) is 0. The molecule has 1 saturated heterocycles. The van der Waals surface area contributed by atoms with Crippen LogP contribution >= 0.6 is 0 Å². The molecule has 0 unspecified atom stereocenters. The van der Waals surface area contributed by atoms with Crippen molar-refractivity contribution in [3.05, 3.63) is 0 Å². The van der Waals surface area contributed by atoms with Gasteiger partial charge in [0, 0.05) is 6.92 Å². The molecule has 0 aromatic heterocycles. The first-order valence-corrected chi connectivity index (χ1v) is 3.81. The Labute approximate surface area is 74.4 Å². The minimum atomic E-state index is -2.40. The lowest BCUT2D eigenvalue weighted by atomic mass is 10.0. The average molecular weight is 192 g/mol. The highest BCUT2D eigenvalue weighted by molar-refractivity contribution is 5.84. The summed E-state index contributed by atoms with van der Waals surface area (Å²) in [7, 11) is 0. The number of ketones is 1. The summed E-state index contributed by atoms with van der Waals surface area (Å²) in [5.74, 6) is -3.21. The number of hydrogen-bond acceptors (Lipinski definition) is 6. The number of Topliss-reactive ketones (excluding diaryl/α,β-unsaturated/α-hetero) is 1. The molecule has 0 saturated carbocycles. The summed E-state index contributed by atoms with van der Waals surface area (Å²) in [6, 6.07) is 0. The van der Waals surface area contributed by atoms with Crippen LogP contribution in [0.25, 0.3) is 0 Å². The standard InChI is InChI=1S/C7H12O6/c1-3(9)7(12)6(11)5(10)4(2-8)13-7/h4-6,8,10-12H,2H2,1H3/t4-,5-,6-,7-/m0/s1.